The standard InChI is InChI=1S/C24H22N4O7S3/c1-12-26-27-24(38-12)37-11-13-10-36-22-18(21(30)28(22)19(13)23(31)32)25-20(29)17-8-7-14(35-17)9-34-16-6-4-3-5-15(16)33-2/h3-8,18,22H,9-11H2,1-2H3,(H,25,29)(H,31,32)/t18-,22+/m0/s1. The lowest BCUT2D eigenvalue weighted by Crippen LogP contribution is -2.70. The first kappa shape index (κ1) is 26.1. The van der Waals surface area contributed by atoms with Gasteiger partial charge in [-0.3, -0.25) is 14.5 Å². The van der Waals surface area contributed by atoms with Crippen LogP contribution in [0.5, 0.6) is 11.5 Å². The van der Waals surface area contributed by atoms with Crippen LogP contribution in [0.4, 0.5) is 0 Å². The van der Waals surface area contributed by atoms with Gasteiger partial charge in [0.25, 0.3) is 11.8 Å². The molecule has 1 fully saturated rings. The number of carboxylic acids is 1. The SMILES string of the molecule is COc1ccccc1OCc1ccc(C(=O)N[C@H]2C(=O)N3C(C(=O)O)=C(CSc4nnc(C)s4)CS[C@H]23)o1. The van der Waals surface area contributed by atoms with Gasteiger partial charge in [0.2, 0.25) is 0 Å². The number of methoxy groups -OCH3 is 1. The van der Waals surface area contributed by atoms with Crippen LogP contribution >= 0.6 is 34.9 Å². The number of amides is 2. The smallest absolute Gasteiger partial charge is 0.352 e. The minimum Gasteiger partial charge on any atom is -0.493 e. The van der Waals surface area contributed by atoms with E-state index < -0.39 is 29.2 Å². The van der Waals surface area contributed by atoms with Crippen molar-refractivity contribution >= 4 is 52.6 Å². The average Bonchev–Trinajstić information content (AvgIpc) is 3.57. The molecule has 1 aromatic carbocycles. The minimum atomic E-state index is -1.18. The Labute approximate surface area is 229 Å². The Morgan fingerprint density at radius 1 is 1.24 bits per heavy atom. The van der Waals surface area contributed by atoms with Gasteiger partial charge in [0.1, 0.15) is 34.5 Å². The molecule has 3 aromatic rings. The lowest BCUT2D eigenvalue weighted by molar-refractivity contribution is -0.148. The van der Waals surface area contributed by atoms with E-state index in [1.54, 1.807) is 25.3 Å². The summed E-state index contributed by atoms with van der Waals surface area (Å²) in [5.74, 6) is 0.110. The number of fused-ring (bicyclic) bond motifs is 1. The number of aryl methyl sites for hydroxylation is 1. The van der Waals surface area contributed by atoms with Gasteiger partial charge in [-0.05, 0) is 36.8 Å². The fraction of sp³-hybridized carbons (Fsp3) is 0.292. The minimum absolute atomic E-state index is 0.0223. The second kappa shape index (κ2) is 11.1. The summed E-state index contributed by atoms with van der Waals surface area (Å²) in [4.78, 5) is 39.0. The maximum Gasteiger partial charge on any atom is 0.352 e. The first-order valence-corrected chi connectivity index (χ1v) is 14.2. The van der Waals surface area contributed by atoms with Gasteiger partial charge < -0.3 is 24.3 Å². The molecule has 0 radical (unpaired) electrons. The number of ether oxygens (including phenoxy) is 2. The van der Waals surface area contributed by atoms with Gasteiger partial charge in [0.05, 0.1) is 7.11 Å². The molecule has 2 amide bonds. The Morgan fingerprint density at radius 3 is 2.74 bits per heavy atom. The van der Waals surface area contributed by atoms with Crippen molar-refractivity contribution in [1.82, 2.24) is 20.4 Å². The fourth-order valence-corrected chi connectivity index (χ4v) is 7.26. The molecule has 0 unspecified atom stereocenters. The van der Waals surface area contributed by atoms with E-state index in [-0.39, 0.29) is 18.1 Å². The van der Waals surface area contributed by atoms with Gasteiger partial charge in [-0.15, -0.1) is 22.0 Å². The number of benzene rings is 1. The van der Waals surface area contributed by atoms with Gasteiger partial charge in [-0.1, -0.05) is 35.2 Å². The summed E-state index contributed by atoms with van der Waals surface area (Å²) >= 11 is 4.22. The van der Waals surface area contributed by atoms with E-state index >= 15 is 0 Å². The molecule has 2 aliphatic rings. The van der Waals surface area contributed by atoms with E-state index in [0.717, 1.165) is 9.35 Å². The number of nitrogens with zero attached hydrogens (tertiary/aromatic N) is 3. The largest absolute Gasteiger partial charge is 0.493 e. The summed E-state index contributed by atoms with van der Waals surface area (Å²) in [6.07, 6.45) is 0. The number of aromatic nitrogens is 2. The second-order valence-electron chi connectivity index (χ2n) is 8.20. The van der Waals surface area contributed by atoms with Crippen molar-refractivity contribution in [3.8, 4) is 11.5 Å². The van der Waals surface area contributed by atoms with E-state index in [0.29, 0.717) is 34.3 Å². The predicted molar refractivity (Wildman–Crippen MR) is 140 cm³/mol. The lowest BCUT2D eigenvalue weighted by Gasteiger charge is -2.49. The third kappa shape index (κ3) is 5.24. The van der Waals surface area contributed by atoms with E-state index in [9.17, 15) is 19.5 Å². The van der Waals surface area contributed by atoms with Gasteiger partial charge in [0.15, 0.2) is 21.6 Å². The topological polar surface area (TPSA) is 144 Å². The third-order valence-corrected chi connectivity index (χ3v) is 9.14. The maximum atomic E-state index is 12.9. The van der Waals surface area contributed by atoms with Crippen LogP contribution in [0.3, 0.4) is 0 Å². The molecule has 0 aliphatic carbocycles. The van der Waals surface area contributed by atoms with Gasteiger partial charge in [-0.2, -0.15) is 0 Å². The highest BCUT2D eigenvalue weighted by Gasteiger charge is 2.54. The third-order valence-electron chi connectivity index (χ3n) is 5.74. The molecular formula is C24H22N4O7S3. The van der Waals surface area contributed by atoms with Crippen molar-refractivity contribution in [3.63, 3.8) is 0 Å². The summed E-state index contributed by atoms with van der Waals surface area (Å²) in [7, 11) is 1.54. The fourth-order valence-electron chi connectivity index (χ4n) is 3.96. The molecule has 0 saturated carbocycles. The average molecular weight is 575 g/mol. The van der Waals surface area contributed by atoms with Crippen LogP contribution in [0.25, 0.3) is 0 Å². The number of hydrogen-bond acceptors (Lipinski definition) is 11. The molecule has 4 heterocycles. The number of thioether (sulfide) groups is 2. The zero-order chi connectivity index (χ0) is 26.8. The normalized spacial score (nSPS) is 18.6. The number of rotatable bonds is 10. The Kier molecular flexibility index (Phi) is 7.63. The molecule has 2 aliphatic heterocycles. The number of carboxylic acid groups (broad SMARTS) is 1. The molecule has 2 aromatic heterocycles. The molecule has 2 N–H and O–H groups in total. The summed E-state index contributed by atoms with van der Waals surface area (Å²) < 4.78 is 17.3. The Morgan fingerprint density at radius 2 is 2.03 bits per heavy atom. The molecule has 11 nitrogen and oxygen atoms in total. The monoisotopic (exact) mass is 574 g/mol. The first-order valence-electron chi connectivity index (χ1n) is 11.3. The number of carbonyl (C=O) groups excluding carboxylic acids is 2. The number of carbonyl (C=O) groups is 3. The second-order valence-corrected chi connectivity index (χ2v) is 11.7. The van der Waals surface area contributed by atoms with E-state index in [2.05, 4.69) is 15.5 Å². The lowest BCUT2D eigenvalue weighted by atomic mass is 10.0. The highest BCUT2D eigenvalue weighted by Crippen LogP contribution is 2.42. The zero-order valence-electron chi connectivity index (χ0n) is 20.2. The number of β-lactam (4-membered cyclic amide) rings is 1. The number of furan rings is 1. The number of aliphatic carboxylic acids is 1. The van der Waals surface area contributed by atoms with Gasteiger partial charge >= 0.3 is 5.97 Å². The molecule has 198 valence electrons. The first-order chi connectivity index (χ1) is 18.4. The van der Waals surface area contributed by atoms with Crippen LogP contribution in [0.1, 0.15) is 21.3 Å². The van der Waals surface area contributed by atoms with Gasteiger partial charge in [0, 0.05) is 11.5 Å². The Hall–Kier alpha value is -3.49. The number of nitrogens with one attached hydrogen (secondary N) is 1. The van der Waals surface area contributed by atoms with Crippen LogP contribution in [0, 0.1) is 6.92 Å². The summed E-state index contributed by atoms with van der Waals surface area (Å²) in [5.41, 5.74) is 0.590. The van der Waals surface area contributed by atoms with Crippen LogP contribution in [0.2, 0.25) is 0 Å². The van der Waals surface area contributed by atoms with Crippen molar-refractivity contribution in [3.05, 3.63) is 64.2 Å². The van der Waals surface area contributed by atoms with Crippen LogP contribution in [-0.4, -0.2) is 68.0 Å². The number of para-hydroxylation sites is 2. The van der Waals surface area contributed by atoms with E-state index in [1.165, 1.54) is 45.8 Å². The Balaban J connectivity index is 1.21. The molecule has 5 rings (SSSR count). The van der Waals surface area contributed by atoms with E-state index in [4.69, 9.17) is 13.9 Å². The molecule has 0 spiro atoms. The highest BCUT2D eigenvalue weighted by atomic mass is 32.2. The molecule has 38 heavy (non-hydrogen) atoms. The van der Waals surface area contributed by atoms with Gasteiger partial charge in [-0.25, -0.2) is 4.79 Å². The number of hydrogen-bond donors (Lipinski definition) is 2. The summed E-state index contributed by atoms with van der Waals surface area (Å²) in [6.45, 7) is 1.92. The van der Waals surface area contributed by atoms with Crippen molar-refractivity contribution in [2.75, 3.05) is 18.6 Å². The maximum absolute atomic E-state index is 12.9. The van der Waals surface area contributed by atoms with E-state index in [1.807, 2.05) is 19.1 Å². The quantitative estimate of drug-likeness (QED) is 0.272. The summed E-state index contributed by atoms with van der Waals surface area (Å²) in [5, 5.41) is 20.8. The highest BCUT2D eigenvalue weighted by molar-refractivity contribution is 8.01. The summed E-state index contributed by atoms with van der Waals surface area (Å²) in [6, 6.07) is 9.41. The van der Waals surface area contributed by atoms with Crippen LogP contribution in [0.15, 0.2) is 56.4 Å². The molecular weight excluding hydrogens is 552 g/mol. The molecule has 0 bridgehead atoms. The predicted octanol–water partition coefficient (Wildman–Crippen LogP) is 3.17. The van der Waals surface area contributed by atoms with Crippen molar-refractivity contribution in [2.45, 2.75) is 29.3 Å². The molecule has 1 saturated heterocycles. The van der Waals surface area contributed by atoms with Crippen molar-refractivity contribution in [2.24, 2.45) is 0 Å². The van der Waals surface area contributed by atoms with Crippen LogP contribution < -0.4 is 14.8 Å². The molecule has 14 heteroatoms. The Bertz CT molecular complexity index is 1420. The molecule has 2 atom stereocenters. The van der Waals surface area contributed by atoms with Crippen LogP contribution in [-0.2, 0) is 16.2 Å². The van der Waals surface area contributed by atoms with Crippen molar-refractivity contribution in [1.29, 1.82) is 0 Å². The zero-order valence-corrected chi connectivity index (χ0v) is 22.7. The van der Waals surface area contributed by atoms with Crippen molar-refractivity contribution < 1.29 is 33.4 Å².